The van der Waals surface area contributed by atoms with Gasteiger partial charge in [-0.15, -0.1) is 0 Å². The number of hydrogen-bond acceptors (Lipinski definition) is 3. The van der Waals surface area contributed by atoms with E-state index in [9.17, 15) is 8.78 Å². The molecule has 1 aliphatic rings. The van der Waals surface area contributed by atoms with Gasteiger partial charge < -0.3 is 10.2 Å². The van der Waals surface area contributed by atoms with Crippen molar-refractivity contribution >= 4 is 5.82 Å². The Bertz CT molecular complexity index is 611. The predicted molar refractivity (Wildman–Crippen MR) is 82.7 cm³/mol. The minimum absolute atomic E-state index is 0.396. The summed E-state index contributed by atoms with van der Waals surface area (Å²) in [6.45, 7) is 2.46. The summed E-state index contributed by atoms with van der Waals surface area (Å²) in [4.78, 5) is 6.64. The lowest BCUT2D eigenvalue weighted by Gasteiger charge is -2.33. The molecule has 116 valence electrons. The van der Waals surface area contributed by atoms with E-state index in [-0.39, 0.29) is 0 Å². The maximum Gasteiger partial charge on any atom is 0.159 e. The number of benzene rings is 1. The van der Waals surface area contributed by atoms with Crippen LogP contribution in [0, 0.1) is 11.6 Å². The number of hydrogen-bond donors (Lipinski definition) is 1. The first-order valence-electron chi connectivity index (χ1n) is 7.55. The summed E-state index contributed by atoms with van der Waals surface area (Å²) in [5.74, 6) is -0.571. The Hall–Kier alpha value is -2.01. The van der Waals surface area contributed by atoms with E-state index < -0.39 is 11.6 Å². The van der Waals surface area contributed by atoms with E-state index in [4.69, 9.17) is 0 Å². The molecule has 22 heavy (non-hydrogen) atoms. The van der Waals surface area contributed by atoms with Gasteiger partial charge in [0, 0.05) is 31.9 Å². The van der Waals surface area contributed by atoms with Gasteiger partial charge >= 0.3 is 0 Å². The third-order valence-electron chi connectivity index (χ3n) is 4.05. The quantitative estimate of drug-likeness (QED) is 0.940. The molecule has 2 heterocycles. The molecule has 0 unspecified atom stereocenters. The standard InChI is InChI=1S/C17H19F2N3/c18-15-5-4-13(11-16(15)19)12-21-14-6-9-22(10-7-14)17-3-1-2-8-20-17/h1-5,8,11,14,21H,6-7,9-10,12H2. The number of anilines is 1. The summed E-state index contributed by atoms with van der Waals surface area (Å²) in [5, 5.41) is 3.42. The van der Waals surface area contributed by atoms with E-state index in [0.717, 1.165) is 37.3 Å². The van der Waals surface area contributed by atoms with Crippen molar-refractivity contribution in [2.45, 2.75) is 25.4 Å². The van der Waals surface area contributed by atoms with Crippen molar-refractivity contribution < 1.29 is 8.78 Å². The largest absolute Gasteiger partial charge is 0.357 e. The lowest BCUT2D eigenvalue weighted by Crippen LogP contribution is -2.42. The molecule has 0 spiro atoms. The summed E-state index contributed by atoms with van der Waals surface area (Å²) < 4.78 is 26.1. The van der Waals surface area contributed by atoms with Gasteiger partial charge in [0.2, 0.25) is 0 Å². The highest BCUT2D eigenvalue weighted by molar-refractivity contribution is 5.38. The number of nitrogens with one attached hydrogen (secondary N) is 1. The average Bonchev–Trinajstić information content (AvgIpc) is 2.57. The molecule has 3 nitrogen and oxygen atoms in total. The van der Waals surface area contributed by atoms with Crippen molar-refractivity contribution in [2.75, 3.05) is 18.0 Å². The van der Waals surface area contributed by atoms with E-state index in [2.05, 4.69) is 15.2 Å². The van der Waals surface area contributed by atoms with Crippen LogP contribution in [0.3, 0.4) is 0 Å². The van der Waals surface area contributed by atoms with Crippen LogP contribution in [0.25, 0.3) is 0 Å². The van der Waals surface area contributed by atoms with E-state index in [1.54, 1.807) is 6.07 Å². The van der Waals surface area contributed by atoms with Crippen LogP contribution < -0.4 is 10.2 Å². The lowest BCUT2D eigenvalue weighted by molar-refractivity contribution is 0.412. The van der Waals surface area contributed by atoms with E-state index in [0.29, 0.717) is 12.6 Å². The van der Waals surface area contributed by atoms with Gasteiger partial charge in [0.05, 0.1) is 0 Å². The number of pyridine rings is 1. The van der Waals surface area contributed by atoms with Gasteiger partial charge in [-0.3, -0.25) is 0 Å². The van der Waals surface area contributed by atoms with Gasteiger partial charge in [-0.05, 0) is 42.7 Å². The number of piperidine rings is 1. The minimum Gasteiger partial charge on any atom is -0.357 e. The molecule has 0 radical (unpaired) electrons. The highest BCUT2D eigenvalue weighted by Gasteiger charge is 2.19. The molecule has 1 fully saturated rings. The molecular formula is C17H19F2N3. The first-order chi connectivity index (χ1) is 10.7. The number of nitrogens with zero attached hydrogens (tertiary/aromatic N) is 2. The summed E-state index contributed by atoms with van der Waals surface area (Å²) in [6.07, 6.45) is 3.84. The zero-order chi connectivity index (χ0) is 15.4. The molecule has 1 aromatic carbocycles. The molecule has 0 atom stereocenters. The van der Waals surface area contributed by atoms with Crippen LogP contribution >= 0.6 is 0 Å². The van der Waals surface area contributed by atoms with Crippen LogP contribution in [-0.2, 0) is 6.54 Å². The monoisotopic (exact) mass is 303 g/mol. The second-order valence-corrected chi connectivity index (χ2v) is 5.58. The maximum absolute atomic E-state index is 13.2. The minimum atomic E-state index is -0.799. The molecule has 0 bridgehead atoms. The maximum atomic E-state index is 13.2. The molecule has 1 aliphatic heterocycles. The van der Waals surface area contributed by atoms with E-state index in [1.807, 2.05) is 24.4 Å². The molecule has 0 amide bonds. The normalized spacial score (nSPS) is 16.0. The second kappa shape index (κ2) is 6.83. The van der Waals surface area contributed by atoms with Crippen LogP contribution in [0.4, 0.5) is 14.6 Å². The Morgan fingerprint density at radius 1 is 1.09 bits per heavy atom. The number of halogens is 2. The van der Waals surface area contributed by atoms with Crippen LogP contribution in [0.15, 0.2) is 42.6 Å². The average molecular weight is 303 g/mol. The zero-order valence-corrected chi connectivity index (χ0v) is 12.3. The summed E-state index contributed by atoms with van der Waals surface area (Å²) >= 11 is 0. The molecule has 0 aliphatic carbocycles. The van der Waals surface area contributed by atoms with Crippen molar-refractivity contribution in [1.29, 1.82) is 0 Å². The molecule has 0 saturated carbocycles. The van der Waals surface area contributed by atoms with Crippen LogP contribution in [-0.4, -0.2) is 24.1 Å². The topological polar surface area (TPSA) is 28.2 Å². The SMILES string of the molecule is Fc1ccc(CNC2CCN(c3ccccn3)CC2)cc1F. The summed E-state index contributed by atoms with van der Waals surface area (Å²) in [7, 11) is 0. The Morgan fingerprint density at radius 3 is 2.59 bits per heavy atom. The van der Waals surface area contributed by atoms with Gasteiger partial charge in [-0.2, -0.15) is 0 Å². The molecule has 5 heteroatoms. The second-order valence-electron chi connectivity index (χ2n) is 5.58. The first kappa shape index (κ1) is 14.9. The van der Waals surface area contributed by atoms with E-state index >= 15 is 0 Å². The third kappa shape index (κ3) is 3.60. The van der Waals surface area contributed by atoms with Crippen LogP contribution in [0.5, 0.6) is 0 Å². The van der Waals surface area contributed by atoms with E-state index in [1.165, 1.54) is 12.1 Å². The Balaban J connectivity index is 1.49. The number of aromatic nitrogens is 1. The van der Waals surface area contributed by atoms with Gasteiger partial charge in [0.25, 0.3) is 0 Å². The lowest BCUT2D eigenvalue weighted by atomic mass is 10.0. The van der Waals surface area contributed by atoms with Crippen molar-refractivity contribution in [1.82, 2.24) is 10.3 Å². The van der Waals surface area contributed by atoms with Crippen molar-refractivity contribution in [3.05, 3.63) is 59.8 Å². The highest BCUT2D eigenvalue weighted by Crippen LogP contribution is 2.17. The molecular weight excluding hydrogens is 284 g/mol. The molecule has 1 aromatic heterocycles. The van der Waals surface area contributed by atoms with Crippen LogP contribution in [0.2, 0.25) is 0 Å². The van der Waals surface area contributed by atoms with Gasteiger partial charge in [-0.1, -0.05) is 12.1 Å². The third-order valence-corrected chi connectivity index (χ3v) is 4.05. The first-order valence-corrected chi connectivity index (χ1v) is 7.55. The van der Waals surface area contributed by atoms with Gasteiger partial charge in [0.1, 0.15) is 5.82 Å². The van der Waals surface area contributed by atoms with Crippen LogP contribution in [0.1, 0.15) is 18.4 Å². The molecule has 1 N–H and O–H groups in total. The van der Waals surface area contributed by atoms with Crippen molar-refractivity contribution in [2.24, 2.45) is 0 Å². The van der Waals surface area contributed by atoms with Gasteiger partial charge in [-0.25, -0.2) is 13.8 Å². The predicted octanol–water partition coefficient (Wildman–Crippen LogP) is 3.12. The zero-order valence-electron chi connectivity index (χ0n) is 12.3. The smallest absolute Gasteiger partial charge is 0.159 e. The Morgan fingerprint density at radius 2 is 1.91 bits per heavy atom. The molecule has 1 saturated heterocycles. The Kier molecular flexibility index (Phi) is 4.63. The number of rotatable bonds is 4. The molecule has 2 aromatic rings. The molecule has 3 rings (SSSR count). The summed E-state index contributed by atoms with van der Waals surface area (Å²) in [5.41, 5.74) is 0.769. The highest BCUT2D eigenvalue weighted by atomic mass is 19.2. The Labute approximate surface area is 129 Å². The fraction of sp³-hybridized carbons (Fsp3) is 0.353. The van der Waals surface area contributed by atoms with Crippen molar-refractivity contribution in [3.63, 3.8) is 0 Å². The van der Waals surface area contributed by atoms with Gasteiger partial charge in [0.15, 0.2) is 11.6 Å². The fourth-order valence-electron chi connectivity index (χ4n) is 2.77. The fourth-order valence-corrected chi connectivity index (χ4v) is 2.77. The van der Waals surface area contributed by atoms with Crippen molar-refractivity contribution in [3.8, 4) is 0 Å². The summed E-state index contributed by atoms with van der Waals surface area (Å²) in [6, 6.07) is 10.4.